The third kappa shape index (κ3) is 2.36. The third-order valence-electron chi connectivity index (χ3n) is 3.32. The van der Waals surface area contributed by atoms with Crippen molar-refractivity contribution in [1.29, 1.82) is 0 Å². The number of aliphatic carboxylic acids is 1. The lowest BCUT2D eigenvalue weighted by molar-refractivity contribution is -0.141. The normalized spacial score (nSPS) is 22.1. The number of amides is 1. The van der Waals surface area contributed by atoms with Crippen LogP contribution < -0.4 is 0 Å². The second-order valence-electron chi connectivity index (χ2n) is 4.75. The number of nitrogens with zero attached hydrogens (tertiary/aromatic N) is 1. The van der Waals surface area contributed by atoms with Crippen molar-refractivity contribution in [2.24, 2.45) is 0 Å². The second kappa shape index (κ2) is 5.16. The van der Waals surface area contributed by atoms with Gasteiger partial charge in [0.25, 0.3) is 5.91 Å². The number of carboxylic acid groups (broad SMARTS) is 1. The molecule has 2 rings (SSSR count). The lowest BCUT2D eigenvalue weighted by Gasteiger charge is -2.22. The molecule has 1 heterocycles. The Morgan fingerprint density at radius 2 is 2.00 bits per heavy atom. The largest absolute Gasteiger partial charge is 0.480 e. The van der Waals surface area contributed by atoms with Gasteiger partial charge < -0.3 is 15.1 Å². The molecular formula is C13H13F2NO4. The van der Waals surface area contributed by atoms with Crippen molar-refractivity contribution in [1.82, 2.24) is 4.90 Å². The summed E-state index contributed by atoms with van der Waals surface area (Å²) in [5, 5.41) is 18.5. The van der Waals surface area contributed by atoms with E-state index in [1.165, 1.54) is 13.0 Å². The molecule has 1 amide bonds. The van der Waals surface area contributed by atoms with E-state index in [2.05, 4.69) is 0 Å². The summed E-state index contributed by atoms with van der Waals surface area (Å²) in [4.78, 5) is 24.0. The Hall–Kier alpha value is -2.02. The lowest BCUT2D eigenvalue weighted by Crippen LogP contribution is -2.41. The predicted octanol–water partition coefficient (Wildman–Crippen LogP) is 0.933. The number of hydrogen-bond acceptors (Lipinski definition) is 3. The van der Waals surface area contributed by atoms with E-state index in [4.69, 9.17) is 5.11 Å². The van der Waals surface area contributed by atoms with Crippen LogP contribution in [-0.2, 0) is 4.79 Å². The van der Waals surface area contributed by atoms with Gasteiger partial charge in [-0.3, -0.25) is 4.79 Å². The van der Waals surface area contributed by atoms with Crippen molar-refractivity contribution in [3.05, 3.63) is 34.9 Å². The minimum Gasteiger partial charge on any atom is -0.480 e. The number of hydrogen-bond donors (Lipinski definition) is 2. The van der Waals surface area contributed by atoms with Crippen LogP contribution in [0.1, 0.15) is 22.3 Å². The number of β-amino-alcohol motifs (C(OH)–C–C–N with tert-alkyl or cyclic N) is 1. The number of halogens is 2. The molecule has 1 aliphatic heterocycles. The number of carboxylic acids is 1. The lowest BCUT2D eigenvalue weighted by atomic mass is 10.1. The molecule has 1 aromatic rings. The van der Waals surface area contributed by atoms with Crippen LogP contribution in [-0.4, -0.2) is 45.7 Å². The number of aliphatic hydroxyl groups excluding tert-OH is 1. The molecule has 0 aliphatic carbocycles. The third-order valence-corrected chi connectivity index (χ3v) is 3.32. The van der Waals surface area contributed by atoms with Crippen molar-refractivity contribution in [2.75, 3.05) is 6.54 Å². The highest BCUT2D eigenvalue weighted by Crippen LogP contribution is 2.24. The van der Waals surface area contributed by atoms with Gasteiger partial charge in [0, 0.05) is 13.0 Å². The van der Waals surface area contributed by atoms with Gasteiger partial charge in [-0.15, -0.1) is 0 Å². The molecular weight excluding hydrogens is 272 g/mol. The standard InChI is InChI=1S/C13H13F2NO4/c1-6-2-3-8(14)10(11(6)15)12(18)16-5-7(17)4-9(16)13(19)20/h2-3,7,9,17H,4-5H2,1H3,(H,19,20)/t7-,9-/m1/s1. The number of likely N-dealkylation sites (tertiary alicyclic amines) is 1. The van der Waals surface area contributed by atoms with Crippen LogP contribution >= 0.6 is 0 Å². The van der Waals surface area contributed by atoms with Crippen molar-refractivity contribution < 1.29 is 28.6 Å². The number of benzene rings is 1. The Morgan fingerprint density at radius 3 is 2.60 bits per heavy atom. The molecule has 2 atom stereocenters. The van der Waals surface area contributed by atoms with Gasteiger partial charge in [0.15, 0.2) is 0 Å². The van der Waals surface area contributed by atoms with Crippen molar-refractivity contribution >= 4 is 11.9 Å². The molecule has 20 heavy (non-hydrogen) atoms. The number of aryl methyl sites for hydroxylation is 1. The minimum atomic E-state index is -1.32. The van der Waals surface area contributed by atoms with Gasteiger partial charge in [0.1, 0.15) is 23.2 Å². The number of rotatable bonds is 2. The van der Waals surface area contributed by atoms with Crippen LogP contribution in [0.5, 0.6) is 0 Å². The van der Waals surface area contributed by atoms with E-state index >= 15 is 0 Å². The average molecular weight is 285 g/mol. The average Bonchev–Trinajstić information content (AvgIpc) is 2.76. The van der Waals surface area contributed by atoms with E-state index in [0.29, 0.717) is 0 Å². The van der Waals surface area contributed by atoms with Gasteiger partial charge in [0.2, 0.25) is 0 Å². The smallest absolute Gasteiger partial charge is 0.326 e. The van der Waals surface area contributed by atoms with Gasteiger partial charge in [-0.25, -0.2) is 13.6 Å². The molecule has 0 unspecified atom stereocenters. The van der Waals surface area contributed by atoms with Crippen LogP contribution in [0.2, 0.25) is 0 Å². The summed E-state index contributed by atoms with van der Waals surface area (Å²) in [6.07, 6.45) is -1.17. The van der Waals surface area contributed by atoms with E-state index in [1.54, 1.807) is 0 Å². The Labute approximate surface area is 113 Å². The summed E-state index contributed by atoms with van der Waals surface area (Å²) in [5.41, 5.74) is -0.702. The van der Waals surface area contributed by atoms with Crippen LogP contribution in [0.15, 0.2) is 12.1 Å². The fourth-order valence-corrected chi connectivity index (χ4v) is 2.27. The topological polar surface area (TPSA) is 77.8 Å². The Morgan fingerprint density at radius 1 is 1.35 bits per heavy atom. The van der Waals surface area contributed by atoms with E-state index in [-0.39, 0.29) is 18.5 Å². The molecule has 7 heteroatoms. The monoisotopic (exact) mass is 285 g/mol. The quantitative estimate of drug-likeness (QED) is 0.847. The summed E-state index contributed by atoms with van der Waals surface area (Å²) < 4.78 is 27.6. The maximum atomic E-state index is 13.9. The summed E-state index contributed by atoms with van der Waals surface area (Å²) in [6, 6.07) is 0.861. The first-order chi connectivity index (χ1) is 9.32. The zero-order chi connectivity index (χ0) is 15.0. The first-order valence-corrected chi connectivity index (χ1v) is 5.99. The van der Waals surface area contributed by atoms with Gasteiger partial charge in [-0.2, -0.15) is 0 Å². The summed E-state index contributed by atoms with van der Waals surface area (Å²) in [5.74, 6) is -4.44. The van der Waals surface area contributed by atoms with Crippen LogP contribution in [0.25, 0.3) is 0 Å². The number of aliphatic hydroxyl groups is 1. The molecule has 1 aliphatic rings. The maximum Gasteiger partial charge on any atom is 0.326 e. The highest BCUT2D eigenvalue weighted by atomic mass is 19.1. The molecule has 1 aromatic carbocycles. The first-order valence-electron chi connectivity index (χ1n) is 5.99. The minimum absolute atomic E-state index is 0.0846. The summed E-state index contributed by atoms with van der Waals surface area (Å²) in [7, 11) is 0. The van der Waals surface area contributed by atoms with Gasteiger partial charge in [-0.05, 0) is 18.6 Å². The molecule has 5 nitrogen and oxygen atoms in total. The van der Waals surface area contributed by atoms with Crippen LogP contribution in [0.3, 0.4) is 0 Å². The van der Waals surface area contributed by atoms with Crippen molar-refractivity contribution in [2.45, 2.75) is 25.5 Å². The highest BCUT2D eigenvalue weighted by Gasteiger charge is 2.40. The van der Waals surface area contributed by atoms with E-state index < -0.39 is 41.2 Å². The molecule has 0 saturated carbocycles. The van der Waals surface area contributed by atoms with Gasteiger partial charge >= 0.3 is 5.97 Å². The van der Waals surface area contributed by atoms with Crippen molar-refractivity contribution in [3.8, 4) is 0 Å². The number of carbonyl (C=O) groups is 2. The fraction of sp³-hybridized carbons (Fsp3) is 0.385. The van der Waals surface area contributed by atoms with Crippen LogP contribution in [0.4, 0.5) is 8.78 Å². The summed E-state index contributed by atoms with van der Waals surface area (Å²) in [6.45, 7) is 1.11. The number of carbonyl (C=O) groups excluding carboxylic acids is 1. The zero-order valence-electron chi connectivity index (χ0n) is 10.6. The zero-order valence-corrected chi connectivity index (χ0v) is 10.6. The Kier molecular flexibility index (Phi) is 3.71. The molecule has 0 bridgehead atoms. The molecule has 0 aromatic heterocycles. The summed E-state index contributed by atoms with van der Waals surface area (Å²) >= 11 is 0. The van der Waals surface area contributed by atoms with E-state index in [0.717, 1.165) is 11.0 Å². The van der Waals surface area contributed by atoms with E-state index in [9.17, 15) is 23.5 Å². The molecule has 1 saturated heterocycles. The molecule has 2 N–H and O–H groups in total. The fourth-order valence-electron chi connectivity index (χ4n) is 2.27. The molecule has 0 spiro atoms. The highest BCUT2D eigenvalue weighted by molar-refractivity contribution is 5.97. The predicted molar refractivity (Wildman–Crippen MR) is 64.2 cm³/mol. The Bertz CT molecular complexity index is 576. The van der Waals surface area contributed by atoms with Crippen molar-refractivity contribution in [3.63, 3.8) is 0 Å². The first kappa shape index (κ1) is 14.4. The second-order valence-corrected chi connectivity index (χ2v) is 4.75. The SMILES string of the molecule is Cc1ccc(F)c(C(=O)N2C[C@H](O)C[C@@H]2C(=O)O)c1F. The van der Waals surface area contributed by atoms with Crippen LogP contribution in [0, 0.1) is 18.6 Å². The Balaban J connectivity index is 2.41. The molecule has 0 radical (unpaired) electrons. The van der Waals surface area contributed by atoms with Gasteiger partial charge in [-0.1, -0.05) is 6.07 Å². The van der Waals surface area contributed by atoms with E-state index in [1.807, 2.05) is 0 Å². The maximum absolute atomic E-state index is 13.9. The molecule has 108 valence electrons. The van der Waals surface area contributed by atoms with Gasteiger partial charge in [0.05, 0.1) is 6.10 Å². The molecule has 1 fully saturated rings.